The molecule has 0 aliphatic rings. The zero-order valence-electron chi connectivity index (χ0n) is 12.4. The van der Waals surface area contributed by atoms with Crippen LogP contribution in [0.3, 0.4) is 0 Å². The van der Waals surface area contributed by atoms with Crippen molar-refractivity contribution in [3.63, 3.8) is 0 Å². The number of thiazole rings is 1. The van der Waals surface area contributed by atoms with Gasteiger partial charge >= 0.3 is 0 Å². The van der Waals surface area contributed by atoms with Crippen molar-refractivity contribution in [2.75, 3.05) is 0 Å². The summed E-state index contributed by atoms with van der Waals surface area (Å²) in [6.45, 7) is 9.65. The Hall–Kier alpha value is -0.710. The maximum atomic E-state index is 4.87. The molecule has 2 rings (SSSR count). The first-order valence-corrected chi connectivity index (χ1v) is 8.58. The summed E-state index contributed by atoms with van der Waals surface area (Å²) in [5.41, 5.74) is 2.39. The van der Waals surface area contributed by atoms with Crippen LogP contribution in [0.15, 0.2) is 28.7 Å². The first-order valence-electron chi connectivity index (χ1n) is 6.97. The highest BCUT2D eigenvalue weighted by molar-refractivity contribution is 9.10. The standard InChI is InChI=1S/C16H21BrN2S/c1-10(2)15-14(9-18-11(3)4)20-16(19-15)12-7-5-6-8-13(12)17/h5-8,10-11,18H,9H2,1-4H3. The van der Waals surface area contributed by atoms with Gasteiger partial charge in [-0.25, -0.2) is 4.98 Å². The van der Waals surface area contributed by atoms with Crippen molar-refractivity contribution in [3.05, 3.63) is 39.3 Å². The summed E-state index contributed by atoms with van der Waals surface area (Å²) in [6.07, 6.45) is 0. The number of halogens is 1. The molecule has 0 amide bonds. The van der Waals surface area contributed by atoms with Crippen molar-refractivity contribution in [2.45, 2.75) is 46.2 Å². The molecule has 1 aromatic carbocycles. The molecule has 1 heterocycles. The summed E-state index contributed by atoms with van der Waals surface area (Å²) in [5, 5.41) is 4.59. The monoisotopic (exact) mass is 352 g/mol. The molecule has 0 unspecified atom stereocenters. The molecule has 0 saturated carbocycles. The van der Waals surface area contributed by atoms with Gasteiger partial charge in [0.15, 0.2) is 0 Å². The number of hydrogen-bond acceptors (Lipinski definition) is 3. The predicted octanol–water partition coefficient (Wildman–Crippen LogP) is 5.19. The lowest BCUT2D eigenvalue weighted by Crippen LogP contribution is -2.22. The third-order valence-electron chi connectivity index (χ3n) is 3.05. The summed E-state index contributed by atoms with van der Waals surface area (Å²) < 4.78 is 1.10. The Morgan fingerprint density at radius 3 is 2.50 bits per heavy atom. The number of benzene rings is 1. The van der Waals surface area contributed by atoms with E-state index in [0.717, 1.165) is 16.0 Å². The van der Waals surface area contributed by atoms with Crippen LogP contribution in [0.4, 0.5) is 0 Å². The van der Waals surface area contributed by atoms with E-state index < -0.39 is 0 Å². The van der Waals surface area contributed by atoms with Crippen LogP contribution in [0, 0.1) is 0 Å². The van der Waals surface area contributed by atoms with Crippen LogP contribution in [0.2, 0.25) is 0 Å². The minimum Gasteiger partial charge on any atom is -0.310 e. The third-order valence-corrected chi connectivity index (χ3v) is 4.85. The molecular weight excluding hydrogens is 332 g/mol. The SMILES string of the molecule is CC(C)NCc1sc(-c2ccccc2Br)nc1C(C)C. The van der Waals surface area contributed by atoms with E-state index in [-0.39, 0.29) is 0 Å². The van der Waals surface area contributed by atoms with Crippen molar-refractivity contribution in [2.24, 2.45) is 0 Å². The van der Waals surface area contributed by atoms with E-state index in [1.54, 1.807) is 11.3 Å². The minimum absolute atomic E-state index is 0.450. The highest BCUT2D eigenvalue weighted by Crippen LogP contribution is 2.35. The second kappa shape index (κ2) is 6.83. The van der Waals surface area contributed by atoms with E-state index in [0.29, 0.717) is 12.0 Å². The zero-order chi connectivity index (χ0) is 14.7. The Kier molecular flexibility index (Phi) is 5.35. The van der Waals surface area contributed by atoms with E-state index in [1.165, 1.54) is 16.1 Å². The molecule has 0 bridgehead atoms. The fourth-order valence-electron chi connectivity index (χ4n) is 1.99. The smallest absolute Gasteiger partial charge is 0.125 e. The molecule has 0 radical (unpaired) electrons. The molecule has 0 fully saturated rings. The number of hydrogen-bond donors (Lipinski definition) is 1. The van der Waals surface area contributed by atoms with Crippen LogP contribution in [0.1, 0.15) is 44.2 Å². The van der Waals surface area contributed by atoms with Crippen LogP contribution in [0.25, 0.3) is 10.6 Å². The topological polar surface area (TPSA) is 24.9 Å². The summed E-state index contributed by atoms with van der Waals surface area (Å²) in [7, 11) is 0. The summed E-state index contributed by atoms with van der Waals surface area (Å²) >= 11 is 5.41. The lowest BCUT2D eigenvalue weighted by molar-refractivity contribution is 0.588. The van der Waals surface area contributed by atoms with E-state index in [1.807, 2.05) is 6.07 Å². The molecule has 0 atom stereocenters. The molecule has 0 saturated heterocycles. The Morgan fingerprint density at radius 2 is 1.90 bits per heavy atom. The van der Waals surface area contributed by atoms with E-state index in [4.69, 9.17) is 4.98 Å². The second-order valence-corrected chi connectivity index (χ2v) is 7.44. The minimum atomic E-state index is 0.450. The second-order valence-electron chi connectivity index (χ2n) is 5.50. The quantitative estimate of drug-likeness (QED) is 0.800. The maximum absolute atomic E-state index is 4.87. The molecule has 2 aromatic rings. The van der Waals surface area contributed by atoms with Gasteiger partial charge in [0.25, 0.3) is 0 Å². The molecule has 1 aromatic heterocycles. The van der Waals surface area contributed by atoms with E-state index >= 15 is 0 Å². The van der Waals surface area contributed by atoms with E-state index in [2.05, 4.69) is 67.1 Å². The van der Waals surface area contributed by atoms with Crippen LogP contribution in [0.5, 0.6) is 0 Å². The Morgan fingerprint density at radius 1 is 1.20 bits per heavy atom. The number of aromatic nitrogens is 1. The van der Waals surface area contributed by atoms with Gasteiger partial charge in [-0.05, 0) is 12.0 Å². The fraction of sp³-hybridized carbons (Fsp3) is 0.438. The lowest BCUT2D eigenvalue weighted by Gasteiger charge is -2.09. The number of nitrogens with zero attached hydrogens (tertiary/aromatic N) is 1. The van der Waals surface area contributed by atoms with Crippen LogP contribution in [-0.2, 0) is 6.54 Å². The van der Waals surface area contributed by atoms with Crippen molar-refractivity contribution >= 4 is 27.3 Å². The number of rotatable bonds is 5. The molecule has 20 heavy (non-hydrogen) atoms. The highest BCUT2D eigenvalue weighted by atomic mass is 79.9. The summed E-state index contributed by atoms with van der Waals surface area (Å²) in [4.78, 5) is 6.21. The Labute approximate surface area is 133 Å². The number of nitrogens with one attached hydrogen (secondary N) is 1. The van der Waals surface area contributed by atoms with Crippen molar-refractivity contribution in [1.29, 1.82) is 0 Å². The molecular formula is C16H21BrN2S. The molecule has 4 heteroatoms. The average Bonchev–Trinajstić information content (AvgIpc) is 2.81. The first kappa shape index (κ1) is 15.7. The Balaban J connectivity index is 2.36. The van der Waals surface area contributed by atoms with Gasteiger partial charge < -0.3 is 5.32 Å². The zero-order valence-corrected chi connectivity index (χ0v) is 14.8. The van der Waals surface area contributed by atoms with Gasteiger partial charge in [-0.1, -0.05) is 61.8 Å². The Bertz CT molecular complexity index is 576. The summed E-state index contributed by atoms with van der Waals surface area (Å²) in [6, 6.07) is 8.77. The van der Waals surface area contributed by atoms with E-state index in [9.17, 15) is 0 Å². The first-order chi connectivity index (χ1) is 9.49. The molecule has 108 valence electrons. The van der Waals surface area contributed by atoms with Crippen molar-refractivity contribution in [1.82, 2.24) is 10.3 Å². The van der Waals surface area contributed by atoms with Gasteiger partial charge in [-0.15, -0.1) is 11.3 Å². The molecule has 2 nitrogen and oxygen atoms in total. The van der Waals surface area contributed by atoms with Gasteiger partial charge in [-0.3, -0.25) is 0 Å². The van der Waals surface area contributed by atoms with Gasteiger partial charge in [0, 0.05) is 27.5 Å². The molecule has 0 spiro atoms. The molecule has 1 N–H and O–H groups in total. The van der Waals surface area contributed by atoms with Gasteiger partial charge in [0.1, 0.15) is 5.01 Å². The molecule has 0 aliphatic heterocycles. The van der Waals surface area contributed by atoms with Crippen LogP contribution >= 0.6 is 27.3 Å². The molecule has 0 aliphatic carbocycles. The van der Waals surface area contributed by atoms with Crippen molar-refractivity contribution < 1.29 is 0 Å². The normalized spacial score (nSPS) is 11.6. The average molecular weight is 353 g/mol. The van der Waals surface area contributed by atoms with Crippen LogP contribution < -0.4 is 5.32 Å². The lowest BCUT2D eigenvalue weighted by atomic mass is 10.1. The largest absolute Gasteiger partial charge is 0.310 e. The predicted molar refractivity (Wildman–Crippen MR) is 91.3 cm³/mol. The third kappa shape index (κ3) is 3.68. The fourth-order valence-corrected chi connectivity index (χ4v) is 3.80. The van der Waals surface area contributed by atoms with Gasteiger partial charge in [-0.2, -0.15) is 0 Å². The highest BCUT2D eigenvalue weighted by Gasteiger charge is 2.16. The van der Waals surface area contributed by atoms with Gasteiger partial charge in [0.05, 0.1) is 5.69 Å². The van der Waals surface area contributed by atoms with Gasteiger partial charge in [0.2, 0.25) is 0 Å². The van der Waals surface area contributed by atoms with Crippen LogP contribution in [-0.4, -0.2) is 11.0 Å². The summed E-state index contributed by atoms with van der Waals surface area (Å²) in [5.74, 6) is 0.450. The van der Waals surface area contributed by atoms with Crippen molar-refractivity contribution in [3.8, 4) is 10.6 Å². The maximum Gasteiger partial charge on any atom is 0.125 e.